The van der Waals surface area contributed by atoms with Gasteiger partial charge in [0.1, 0.15) is 11.9 Å². The average molecular weight is 390 g/mol. The van der Waals surface area contributed by atoms with E-state index < -0.39 is 30.2 Å². The van der Waals surface area contributed by atoms with Crippen LogP contribution in [0.3, 0.4) is 0 Å². The van der Waals surface area contributed by atoms with E-state index in [4.69, 9.17) is 4.74 Å². The maximum Gasteiger partial charge on any atom is 0.261 e. The molecule has 0 radical (unpaired) electrons. The Labute approximate surface area is 163 Å². The van der Waals surface area contributed by atoms with E-state index >= 15 is 0 Å². The SMILES string of the molecule is CCCNC(=O)[C@H](C)N(Cc1ccccc1F)C(=O)COc1ccccc1F. The third-order valence-electron chi connectivity index (χ3n) is 4.20. The third-order valence-corrected chi connectivity index (χ3v) is 4.20. The van der Waals surface area contributed by atoms with E-state index in [9.17, 15) is 18.4 Å². The Morgan fingerprint density at radius 2 is 1.71 bits per heavy atom. The lowest BCUT2D eigenvalue weighted by Crippen LogP contribution is -2.49. The van der Waals surface area contributed by atoms with Crippen LogP contribution >= 0.6 is 0 Å². The van der Waals surface area contributed by atoms with Crippen LogP contribution in [0.4, 0.5) is 8.78 Å². The summed E-state index contributed by atoms with van der Waals surface area (Å²) >= 11 is 0. The van der Waals surface area contributed by atoms with Gasteiger partial charge in [0, 0.05) is 18.7 Å². The molecule has 0 bridgehead atoms. The van der Waals surface area contributed by atoms with Gasteiger partial charge in [-0.2, -0.15) is 0 Å². The molecule has 0 unspecified atom stereocenters. The molecule has 0 fully saturated rings. The van der Waals surface area contributed by atoms with E-state index in [1.54, 1.807) is 31.2 Å². The summed E-state index contributed by atoms with van der Waals surface area (Å²) in [6.07, 6.45) is 0.746. The summed E-state index contributed by atoms with van der Waals surface area (Å²) in [5.41, 5.74) is 0.275. The lowest BCUT2D eigenvalue weighted by Gasteiger charge is -2.28. The Balaban J connectivity index is 2.16. The highest BCUT2D eigenvalue weighted by atomic mass is 19.1. The van der Waals surface area contributed by atoms with Crippen molar-refractivity contribution in [3.05, 3.63) is 65.7 Å². The molecule has 28 heavy (non-hydrogen) atoms. The minimum absolute atomic E-state index is 0.0650. The van der Waals surface area contributed by atoms with Gasteiger partial charge >= 0.3 is 0 Å². The molecule has 2 aromatic carbocycles. The van der Waals surface area contributed by atoms with Crippen LogP contribution < -0.4 is 10.1 Å². The predicted molar refractivity (Wildman–Crippen MR) is 102 cm³/mol. The van der Waals surface area contributed by atoms with Gasteiger partial charge in [-0.05, 0) is 31.5 Å². The number of carbonyl (C=O) groups is 2. The fraction of sp³-hybridized carbons (Fsp3) is 0.333. The molecule has 0 saturated heterocycles. The van der Waals surface area contributed by atoms with E-state index in [0.29, 0.717) is 6.54 Å². The molecule has 0 aliphatic heterocycles. The number of amides is 2. The molecule has 2 amide bonds. The Hall–Kier alpha value is -2.96. The molecule has 2 aromatic rings. The maximum atomic E-state index is 14.1. The second-order valence-corrected chi connectivity index (χ2v) is 6.30. The third kappa shape index (κ3) is 5.77. The first-order valence-corrected chi connectivity index (χ1v) is 9.12. The lowest BCUT2D eigenvalue weighted by molar-refractivity contribution is -0.142. The number of ether oxygens (including phenoxy) is 1. The van der Waals surface area contributed by atoms with E-state index in [1.807, 2.05) is 6.92 Å². The molecule has 0 aromatic heterocycles. The van der Waals surface area contributed by atoms with Crippen LogP contribution in [0.25, 0.3) is 0 Å². The molecular formula is C21H24F2N2O3. The molecular weight excluding hydrogens is 366 g/mol. The fourth-order valence-corrected chi connectivity index (χ4v) is 2.57. The summed E-state index contributed by atoms with van der Waals surface area (Å²) in [5, 5.41) is 2.72. The van der Waals surface area contributed by atoms with Crippen molar-refractivity contribution >= 4 is 11.8 Å². The minimum atomic E-state index is -0.845. The van der Waals surface area contributed by atoms with Crippen molar-refractivity contribution in [1.29, 1.82) is 0 Å². The van der Waals surface area contributed by atoms with Crippen LogP contribution in [0.15, 0.2) is 48.5 Å². The van der Waals surface area contributed by atoms with Gasteiger partial charge in [-0.3, -0.25) is 9.59 Å². The molecule has 5 nitrogen and oxygen atoms in total. The van der Waals surface area contributed by atoms with Crippen molar-refractivity contribution in [2.24, 2.45) is 0 Å². The van der Waals surface area contributed by atoms with E-state index in [0.717, 1.165) is 6.42 Å². The summed E-state index contributed by atoms with van der Waals surface area (Å²) in [6, 6.07) is 10.9. The number of nitrogens with zero attached hydrogens (tertiary/aromatic N) is 1. The van der Waals surface area contributed by atoms with Gasteiger partial charge in [-0.25, -0.2) is 8.78 Å². The van der Waals surface area contributed by atoms with Crippen molar-refractivity contribution in [2.75, 3.05) is 13.2 Å². The zero-order valence-corrected chi connectivity index (χ0v) is 16.0. The fourth-order valence-electron chi connectivity index (χ4n) is 2.57. The predicted octanol–water partition coefficient (Wildman–Crippen LogP) is 3.29. The molecule has 150 valence electrons. The number of benzene rings is 2. The van der Waals surface area contributed by atoms with Crippen molar-refractivity contribution in [3.63, 3.8) is 0 Å². The van der Waals surface area contributed by atoms with Crippen LogP contribution in [0.5, 0.6) is 5.75 Å². The van der Waals surface area contributed by atoms with Crippen molar-refractivity contribution in [2.45, 2.75) is 32.9 Å². The highest BCUT2D eigenvalue weighted by molar-refractivity contribution is 5.87. The van der Waals surface area contributed by atoms with Crippen LogP contribution in [0.2, 0.25) is 0 Å². The Bertz CT molecular complexity index is 814. The number of carbonyl (C=O) groups excluding carboxylic acids is 2. The van der Waals surface area contributed by atoms with Gasteiger partial charge in [0.15, 0.2) is 18.2 Å². The molecule has 0 aliphatic carbocycles. The van der Waals surface area contributed by atoms with Crippen LogP contribution in [0.1, 0.15) is 25.8 Å². The molecule has 0 spiro atoms. The number of hydrogen-bond donors (Lipinski definition) is 1. The van der Waals surface area contributed by atoms with E-state index in [1.165, 1.54) is 29.2 Å². The van der Waals surface area contributed by atoms with Crippen molar-refractivity contribution < 1.29 is 23.1 Å². The maximum absolute atomic E-state index is 14.1. The minimum Gasteiger partial charge on any atom is -0.481 e. The van der Waals surface area contributed by atoms with Crippen molar-refractivity contribution in [3.8, 4) is 5.75 Å². The first kappa shape index (κ1) is 21.3. The molecule has 1 N–H and O–H groups in total. The largest absolute Gasteiger partial charge is 0.481 e. The molecule has 2 rings (SSSR count). The Morgan fingerprint density at radius 1 is 1.07 bits per heavy atom. The highest BCUT2D eigenvalue weighted by Crippen LogP contribution is 2.17. The number of rotatable bonds is 9. The van der Waals surface area contributed by atoms with E-state index in [-0.39, 0.29) is 23.8 Å². The van der Waals surface area contributed by atoms with Gasteiger partial charge in [0.2, 0.25) is 5.91 Å². The quantitative estimate of drug-likeness (QED) is 0.715. The topological polar surface area (TPSA) is 58.6 Å². The summed E-state index contributed by atoms with van der Waals surface area (Å²) in [5.74, 6) is -2.03. The smallest absolute Gasteiger partial charge is 0.261 e. The number of hydrogen-bond acceptors (Lipinski definition) is 3. The van der Waals surface area contributed by atoms with Gasteiger partial charge in [0.25, 0.3) is 5.91 Å². The number of nitrogens with one attached hydrogen (secondary N) is 1. The van der Waals surface area contributed by atoms with Gasteiger partial charge in [-0.15, -0.1) is 0 Å². The average Bonchev–Trinajstić information content (AvgIpc) is 2.70. The molecule has 1 atom stereocenters. The molecule has 7 heteroatoms. The molecule has 0 aliphatic rings. The Morgan fingerprint density at radius 3 is 2.36 bits per heavy atom. The summed E-state index contributed by atoms with van der Waals surface area (Å²) in [6.45, 7) is 3.37. The highest BCUT2D eigenvalue weighted by Gasteiger charge is 2.27. The molecule has 0 heterocycles. The second kappa shape index (κ2) is 10.4. The summed E-state index contributed by atoms with van der Waals surface area (Å²) < 4.78 is 33.0. The van der Waals surface area contributed by atoms with E-state index in [2.05, 4.69) is 5.32 Å². The summed E-state index contributed by atoms with van der Waals surface area (Å²) in [7, 11) is 0. The van der Waals surface area contributed by atoms with Gasteiger partial charge < -0.3 is 15.0 Å². The molecule has 0 saturated carbocycles. The van der Waals surface area contributed by atoms with Crippen LogP contribution in [0, 0.1) is 11.6 Å². The zero-order chi connectivity index (χ0) is 20.5. The normalized spacial score (nSPS) is 11.6. The zero-order valence-electron chi connectivity index (χ0n) is 16.0. The number of halogens is 2. The Kier molecular flexibility index (Phi) is 7.92. The first-order chi connectivity index (χ1) is 13.4. The standard InChI is InChI=1S/C21H24F2N2O3/c1-3-12-24-21(27)15(2)25(13-16-8-4-5-9-17(16)22)20(26)14-28-19-11-7-6-10-18(19)23/h4-11,15H,3,12-14H2,1-2H3,(H,24,27)/t15-/m0/s1. The van der Waals surface area contributed by atoms with Gasteiger partial charge in [0.05, 0.1) is 0 Å². The van der Waals surface area contributed by atoms with Gasteiger partial charge in [-0.1, -0.05) is 37.3 Å². The van der Waals surface area contributed by atoms with Crippen LogP contribution in [-0.4, -0.2) is 35.9 Å². The summed E-state index contributed by atoms with van der Waals surface area (Å²) in [4.78, 5) is 26.3. The second-order valence-electron chi connectivity index (χ2n) is 6.30. The van der Waals surface area contributed by atoms with Crippen LogP contribution in [-0.2, 0) is 16.1 Å². The monoisotopic (exact) mass is 390 g/mol. The van der Waals surface area contributed by atoms with Crippen molar-refractivity contribution in [1.82, 2.24) is 10.2 Å². The number of para-hydroxylation sites is 1. The first-order valence-electron chi connectivity index (χ1n) is 9.12. The lowest BCUT2D eigenvalue weighted by atomic mass is 10.1.